The maximum Gasteiger partial charge on any atom is 0.221 e. The zero-order chi connectivity index (χ0) is 9.68. The number of aliphatic hydroxyl groups is 1. The van der Waals surface area contributed by atoms with Gasteiger partial charge in [-0.25, -0.2) is 9.97 Å². The lowest BCUT2D eigenvalue weighted by Gasteiger charge is -2.01. The van der Waals surface area contributed by atoms with Gasteiger partial charge in [0.1, 0.15) is 5.03 Å². The number of nitrogens with zero attached hydrogens (tertiary/aromatic N) is 2. The van der Waals surface area contributed by atoms with Crippen molar-refractivity contribution in [1.82, 2.24) is 9.97 Å². The summed E-state index contributed by atoms with van der Waals surface area (Å²) in [4.78, 5) is 7.70. The maximum absolute atomic E-state index is 8.56. The summed E-state index contributed by atoms with van der Waals surface area (Å²) in [6.45, 7) is 0.172. The van der Waals surface area contributed by atoms with Crippen LogP contribution in [0.3, 0.4) is 0 Å². The van der Waals surface area contributed by atoms with Crippen LogP contribution >= 0.6 is 23.4 Å². The van der Waals surface area contributed by atoms with Crippen LogP contribution < -0.4 is 5.73 Å². The Morgan fingerprint density at radius 3 is 3.08 bits per heavy atom. The molecule has 0 bridgehead atoms. The summed E-state index contributed by atoms with van der Waals surface area (Å²) in [5.74, 6) is 0.989. The molecular formula is C7H10ClN3OS. The minimum atomic E-state index is 0.172. The minimum Gasteiger partial charge on any atom is -0.396 e. The average Bonchev–Trinajstić information content (AvgIpc) is 2.11. The number of halogens is 1. The minimum absolute atomic E-state index is 0.172. The van der Waals surface area contributed by atoms with E-state index in [2.05, 4.69) is 9.97 Å². The highest BCUT2D eigenvalue weighted by Gasteiger charge is 2.03. The largest absolute Gasteiger partial charge is 0.396 e. The van der Waals surface area contributed by atoms with Gasteiger partial charge in [-0.2, -0.15) is 0 Å². The van der Waals surface area contributed by atoms with E-state index >= 15 is 0 Å². The molecule has 72 valence electrons. The van der Waals surface area contributed by atoms with Gasteiger partial charge < -0.3 is 10.8 Å². The second-order valence-corrected chi connectivity index (χ2v) is 3.80. The van der Waals surface area contributed by atoms with Crippen LogP contribution in [0.4, 0.5) is 5.95 Å². The van der Waals surface area contributed by atoms with Crippen molar-refractivity contribution in [3.63, 3.8) is 0 Å². The fourth-order valence-electron chi connectivity index (χ4n) is 0.699. The lowest BCUT2D eigenvalue weighted by molar-refractivity contribution is 0.296. The number of thioether (sulfide) groups is 1. The standard InChI is InChI=1S/C7H10ClN3OS/c8-5-4-10-7(9)11-6(5)13-3-1-2-12/h4,12H,1-3H2,(H2,9,10,11). The molecule has 0 aromatic carbocycles. The van der Waals surface area contributed by atoms with E-state index in [1.165, 1.54) is 18.0 Å². The molecule has 0 aliphatic heterocycles. The molecular weight excluding hydrogens is 210 g/mol. The number of aliphatic hydroxyl groups excluding tert-OH is 1. The monoisotopic (exact) mass is 219 g/mol. The fraction of sp³-hybridized carbons (Fsp3) is 0.429. The fourth-order valence-corrected chi connectivity index (χ4v) is 1.77. The lowest BCUT2D eigenvalue weighted by atomic mass is 10.5. The molecule has 1 heterocycles. The maximum atomic E-state index is 8.56. The average molecular weight is 220 g/mol. The van der Waals surface area contributed by atoms with Crippen molar-refractivity contribution in [1.29, 1.82) is 0 Å². The van der Waals surface area contributed by atoms with Crippen LogP contribution in [0.2, 0.25) is 5.02 Å². The van der Waals surface area contributed by atoms with E-state index in [9.17, 15) is 0 Å². The molecule has 1 aromatic rings. The molecule has 0 saturated carbocycles. The Morgan fingerprint density at radius 1 is 1.62 bits per heavy atom. The molecule has 0 radical (unpaired) electrons. The van der Waals surface area contributed by atoms with Crippen molar-refractivity contribution in [3.05, 3.63) is 11.2 Å². The lowest BCUT2D eigenvalue weighted by Crippen LogP contribution is -1.96. The van der Waals surface area contributed by atoms with Crippen molar-refractivity contribution < 1.29 is 5.11 Å². The van der Waals surface area contributed by atoms with Crippen molar-refractivity contribution in [2.24, 2.45) is 0 Å². The molecule has 4 nitrogen and oxygen atoms in total. The number of aromatic nitrogens is 2. The van der Waals surface area contributed by atoms with Gasteiger partial charge in [-0.15, -0.1) is 11.8 Å². The quantitative estimate of drug-likeness (QED) is 0.452. The number of nitrogens with two attached hydrogens (primary N) is 1. The molecule has 1 rings (SSSR count). The summed E-state index contributed by atoms with van der Waals surface area (Å²) in [6.07, 6.45) is 2.19. The van der Waals surface area contributed by atoms with E-state index in [1.807, 2.05) is 0 Å². The first-order valence-corrected chi connectivity index (χ1v) is 5.12. The van der Waals surface area contributed by atoms with E-state index in [4.69, 9.17) is 22.4 Å². The van der Waals surface area contributed by atoms with Gasteiger partial charge in [-0.3, -0.25) is 0 Å². The predicted molar refractivity (Wildman–Crippen MR) is 53.9 cm³/mol. The third-order valence-corrected chi connectivity index (χ3v) is 2.74. The van der Waals surface area contributed by atoms with Gasteiger partial charge in [-0.1, -0.05) is 11.6 Å². The molecule has 3 N–H and O–H groups in total. The molecule has 0 aliphatic rings. The van der Waals surface area contributed by atoms with Crippen LogP contribution in [0.15, 0.2) is 11.2 Å². The summed E-state index contributed by atoms with van der Waals surface area (Å²) >= 11 is 7.27. The van der Waals surface area contributed by atoms with Crippen molar-refractivity contribution in [2.75, 3.05) is 18.1 Å². The Labute approximate surface area is 85.5 Å². The summed E-state index contributed by atoms with van der Waals surface area (Å²) in [5, 5.41) is 9.73. The van der Waals surface area contributed by atoms with Crippen LogP contribution in [-0.4, -0.2) is 27.4 Å². The van der Waals surface area contributed by atoms with Gasteiger partial charge in [0.15, 0.2) is 0 Å². The van der Waals surface area contributed by atoms with Crippen LogP contribution in [0.5, 0.6) is 0 Å². The van der Waals surface area contributed by atoms with Gasteiger partial charge in [-0.05, 0) is 6.42 Å². The normalized spacial score (nSPS) is 10.3. The van der Waals surface area contributed by atoms with E-state index in [0.717, 1.165) is 5.75 Å². The van der Waals surface area contributed by atoms with Crippen molar-refractivity contribution in [2.45, 2.75) is 11.4 Å². The van der Waals surface area contributed by atoms with Crippen molar-refractivity contribution in [3.8, 4) is 0 Å². The van der Waals surface area contributed by atoms with Crippen LogP contribution in [-0.2, 0) is 0 Å². The molecule has 0 amide bonds. The molecule has 0 fully saturated rings. The first-order valence-electron chi connectivity index (χ1n) is 3.75. The molecule has 0 aliphatic carbocycles. The highest BCUT2D eigenvalue weighted by atomic mass is 35.5. The van der Waals surface area contributed by atoms with Crippen LogP contribution in [0.25, 0.3) is 0 Å². The zero-order valence-electron chi connectivity index (χ0n) is 6.90. The highest BCUT2D eigenvalue weighted by Crippen LogP contribution is 2.24. The Hall–Kier alpha value is -0.520. The summed E-state index contributed by atoms with van der Waals surface area (Å²) < 4.78 is 0. The van der Waals surface area contributed by atoms with Crippen LogP contribution in [0, 0.1) is 0 Å². The summed E-state index contributed by atoms with van der Waals surface area (Å²) in [7, 11) is 0. The topological polar surface area (TPSA) is 72.0 Å². The molecule has 13 heavy (non-hydrogen) atoms. The van der Waals surface area contributed by atoms with Crippen LogP contribution in [0.1, 0.15) is 6.42 Å². The molecule has 0 spiro atoms. The SMILES string of the molecule is Nc1ncc(Cl)c(SCCCO)n1. The third-order valence-electron chi connectivity index (χ3n) is 1.27. The van der Waals surface area contributed by atoms with Gasteiger partial charge >= 0.3 is 0 Å². The van der Waals surface area contributed by atoms with Gasteiger partial charge in [0.25, 0.3) is 0 Å². The highest BCUT2D eigenvalue weighted by molar-refractivity contribution is 7.99. The predicted octanol–water partition coefficient (Wildman–Crippen LogP) is 1.19. The number of nitrogen functional groups attached to an aromatic ring is 1. The first-order chi connectivity index (χ1) is 6.24. The zero-order valence-corrected chi connectivity index (χ0v) is 8.48. The van der Waals surface area contributed by atoms with Gasteiger partial charge in [0, 0.05) is 12.4 Å². The summed E-state index contributed by atoms with van der Waals surface area (Å²) in [6, 6.07) is 0. The molecule has 0 atom stereocenters. The molecule has 1 aromatic heterocycles. The van der Waals surface area contributed by atoms with E-state index in [-0.39, 0.29) is 12.6 Å². The van der Waals surface area contributed by atoms with E-state index < -0.39 is 0 Å². The smallest absolute Gasteiger partial charge is 0.221 e. The number of rotatable bonds is 4. The van der Waals surface area contributed by atoms with E-state index in [0.29, 0.717) is 16.5 Å². The Balaban J connectivity index is 2.59. The number of anilines is 1. The Morgan fingerprint density at radius 2 is 2.38 bits per heavy atom. The first kappa shape index (κ1) is 10.6. The van der Waals surface area contributed by atoms with Gasteiger partial charge in [0.2, 0.25) is 5.95 Å². The third kappa shape index (κ3) is 3.38. The Bertz CT molecular complexity index is 284. The second kappa shape index (κ2) is 5.26. The summed E-state index contributed by atoms with van der Waals surface area (Å²) in [5.41, 5.74) is 5.39. The van der Waals surface area contributed by atoms with E-state index in [1.54, 1.807) is 0 Å². The molecule has 0 unspecified atom stereocenters. The second-order valence-electron chi connectivity index (χ2n) is 2.31. The number of hydrogen-bond donors (Lipinski definition) is 2. The number of hydrogen-bond acceptors (Lipinski definition) is 5. The molecule has 6 heteroatoms. The Kier molecular flexibility index (Phi) is 4.27. The van der Waals surface area contributed by atoms with Crippen molar-refractivity contribution >= 4 is 29.3 Å². The molecule has 0 saturated heterocycles. The van der Waals surface area contributed by atoms with Gasteiger partial charge in [0.05, 0.1) is 11.2 Å².